The Hall–Kier alpha value is -3.23. The molecule has 0 aliphatic heterocycles. The molecule has 0 fully saturated rings. The van der Waals surface area contributed by atoms with E-state index in [-0.39, 0.29) is 5.52 Å². The third-order valence-electron chi connectivity index (χ3n) is 4.41. The minimum absolute atomic E-state index is 0.189. The van der Waals surface area contributed by atoms with Crippen molar-refractivity contribution in [1.82, 2.24) is 14.6 Å². The van der Waals surface area contributed by atoms with Gasteiger partial charge < -0.3 is 19.4 Å². The first-order valence-electron chi connectivity index (χ1n) is 8.35. The first-order valence-corrected chi connectivity index (χ1v) is 9.10. The molecule has 4 aromatic rings. The van der Waals surface area contributed by atoms with Crippen molar-refractivity contribution in [1.29, 1.82) is 0 Å². The number of aromatic nitrogens is 3. The Morgan fingerprint density at radius 2 is 1.72 bits per heavy atom. The first kappa shape index (κ1) is 19.1. The number of nitrogens with one attached hydrogen (secondary N) is 2. The maximum absolute atomic E-state index is 12.9. The number of benzene rings is 2. The number of rotatable bonds is 4. The van der Waals surface area contributed by atoms with Gasteiger partial charge in [0.25, 0.3) is 0 Å². The molecule has 2 N–H and O–H groups in total. The second-order valence-electron chi connectivity index (χ2n) is 6.09. The zero-order chi connectivity index (χ0) is 20.7. The Labute approximate surface area is 173 Å². The molecule has 2 heterocycles. The quantitative estimate of drug-likeness (QED) is 0.482. The van der Waals surface area contributed by atoms with Crippen LogP contribution < -0.4 is 20.7 Å². The maximum Gasteiger partial charge on any atom is 0.350 e. The Bertz CT molecular complexity index is 1400. The lowest BCUT2D eigenvalue weighted by molar-refractivity contribution is 0.356. The maximum atomic E-state index is 12.9. The summed E-state index contributed by atoms with van der Waals surface area (Å²) in [5.74, 6) is 0.964. The molecule has 0 saturated heterocycles. The van der Waals surface area contributed by atoms with Crippen molar-refractivity contribution < 1.29 is 9.47 Å². The lowest BCUT2D eigenvalue weighted by Gasteiger charge is -2.06. The minimum Gasteiger partial charge on any atom is -0.493 e. The smallest absolute Gasteiger partial charge is 0.350 e. The molecule has 0 unspecified atom stereocenters. The molecule has 2 aromatic heterocycles. The summed E-state index contributed by atoms with van der Waals surface area (Å²) in [4.78, 5) is 31.1. The van der Waals surface area contributed by atoms with E-state index in [1.807, 2.05) is 0 Å². The van der Waals surface area contributed by atoms with Gasteiger partial charge in [-0.1, -0.05) is 29.3 Å². The molecule has 0 aliphatic carbocycles. The molecular formula is C19H14Cl2N4O4. The topological polar surface area (TPSA) is 101 Å². The standard InChI is InChI=1S/C19H14Cl2N4O4/c1-28-14-6-11-13(7-15(14)29-2)23-17-16(11)24-19(27)25(18(17)26)22-8-9-3-4-10(20)5-12(9)21/h3-8,23H,1-2H3,(H,24,27)/b22-8-. The number of fused-ring (bicyclic) bond motifs is 3. The fourth-order valence-electron chi connectivity index (χ4n) is 3.00. The number of nitrogens with zero attached hydrogens (tertiary/aromatic N) is 2. The summed E-state index contributed by atoms with van der Waals surface area (Å²) in [6.45, 7) is 0. The zero-order valence-electron chi connectivity index (χ0n) is 15.2. The predicted octanol–water partition coefficient (Wildman–Crippen LogP) is 3.38. The minimum atomic E-state index is -0.695. The van der Waals surface area contributed by atoms with Crippen LogP contribution in [0.1, 0.15) is 5.56 Å². The van der Waals surface area contributed by atoms with E-state index in [0.29, 0.717) is 43.5 Å². The SMILES string of the molecule is COc1cc2[nH]c3c(=O)n(/N=C\c4ccc(Cl)cc4Cl)c(=O)[nH]c3c2cc1OC. The van der Waals surface area contributed by atoms with Gasteiger partial charge in [0, 0.05) is 22.0 Å². The molecule has 8 nitrogen and oxygen atoms in total. The molecular weight excluding hydrogens is 419 g/mol. The Kier molecular flexibility index (Phi) is 4.81. The molecule has 0 bridgehead atoms. The highest BCUT2D eigenvalue weighted by Crippen LogP contribution is 2.34. The molecule has 0 spiro atoms. The van der Waals surface area contributed by atoms with E-state index in [2.05, 4.69) is 15.1 Å². The van der Waals surface area contributed by atoms with Crippen molar-refractivity contribution in [3.63, 3.8) is 0 Å². The van der Waals surface area contributed by atoms with Crippen LogP contribution in [0.5, 0.6) is 11.5 Å². The molecule has 10 heteroatoms. The van der Waals surface area contributed by atoms with Crippen LogP contribution in [0, 0.1) is 0 Å². The fraction of sp³-hybridized carbons (Fsp3) is 0.105. The van der Waals surface area contributed by atoms with Gasteiger partial charge in [-0.3, -0.25) is 4.79 Å². The van der Waals surface area contributed by atoms with Crippen LogP contribution in [-0.4, -0.2) is 35.1 Å². The summed E-state index contributed by atoms with van der Waals surface area (Å²) in [7, 11) is 3.02. The van der Waals surface area contributed by atoms with Crippen molar-refractivity contribution in [2.45, 2.75) is 0 Å². The van der Waals surface area contributed by atoms with Crippen LogP contribution in [0.2, 0.25) is 10.0 Å². The molecule has 2 aromatic carbocycles. The number of aromatic amines is 2. The Balaban J connectivity index is 1.90. The summed E-state index contributed by atoms with van der Waals surface area (Å²) in [5.41, 5.74) is 0.349. The van der Waals surface area contributed by atoms with Crippen LogP contribution in [0.4, 0.5) is 0 Å². The number of H-pyrrole nitrogens is 2. The highest BCUT2D eigenvalue weighted by Gasteiger charge is 2.16. The highest BCUT2D eigenvalue weighted by molar-refractivity contribution is 6.36. The molecule has 148 valence electrons. The highest BCUT2D eigenvalue weighted by atomic mass is 35.5. The molecule has 0 saturated carbocycles. The van der Waals surface area contributed by atoms with Gasteiger partial charge >= 0.3 is 11.2 Å². The van der Waals surface area contributed by atoms with Crippen LogP contribution in [0.3, 0.4) is 0 Å². The van der Waals surface area contributed by atoms with E-state index in [1.54, 1.807) is 30.3 Å². The van der Waals surface area contributed by atoms with E-state index >= 15 is 0 Å². The van der Waals surface area contributed by atoms with E-state index in [9.17, 15) is 9.59 Å². The Morgan fingerprint density at radius 3 is 2.41 bits per heavy atom. The van der Waals surface area contributed by atoms with Crippen LogP contribution in [0.25, 0.3) is 21.9 Å². The molecule has 0 atom stereocenters. The van der Waals surface area contributed by atoms with Gasteiger partial charge in [-0.2, -0.15) is 5.10 Å². The van der Waals surface area contributed by atoms with Gasteiger partial charge in [-0.15, -0.1) is 4.68 Å². The summed E-state index contributed by atoms with van der Waals surface area (Å²) >= 11 is 12.0. The molecule has 0 amide bonds. The molecule has 0 aliphatic rings. The van der Waals surface area contributed by atoms with Crippen molar-refractivity contribution in [2.24, 2.45) is 5.10 Å². The van der Waals surface area contributed by atoms with Gasteiger partial charge in [0.2, 0.25) is 0 Å². The van der Waals surface area contributed by atoms with Gasteiger partial charge in [0.1, 0.15) is 5.52 Å². The van der Waals surface area contributed by atoms with Crippen LogP contribution in [-0.2, 0) is 0 Å². The number of hydrogen-bond donors (Lipinski definition) is 2. The van der Waals surface area contributed by atoms with Gasteiger partial charge in [0.15, 0.2) is 11.5 Å². The van der Waals surface area contributed by atoms with Crippen molar-refractivity contribution in [3.05, 3.63) is 66.8 Å². The second-order valence-corrected chi connectivity index (χ2v) is 6.93. The van der Waals surface area contributed by atoms with Gasteiger partial charge in [-0.25, -0.2) is 4.79 Å². The van der Waals surface area contributed by atoms with Crippen molar-refractivity contribution >= 4 is 51.4 Å². The number of halogens is 2. The second kappa shape index (κ2) is 7.31. The third-order valence-corrected chi connectivity index (χ3v) is 4.97. The monoisotopic (exact) mass is 432 g/mol. The zero-order valence-corrected chi connectivity index (χ0v) is 16.8. The van der Waals surface area contributed by atoms with E-state index in [1.165, 1.54) is 20.4 Å². The third kappa shape index (κ3) is 3.26. The first-order chi connectivity index (χ1) is 13.9. The summed E-state index contributed by atoms with van der Waals surface area (Å²) < 4.78 is 11.3. The predicted molar refractivity (Wildman–Crippen MR) is 113 cm³/mol. The largest absolute Gasteiger partial charge is 0.493 e. The lowest BCUT2D eigenvalue weighted by atomic mass is 10.2. The normalized spacial score (nSPS) is 11.6. The van der Waals surface area contributed by atoms with Gasteiger partial charge in [-0.05, 0) is 18.2 Å². The average Bonchev–Trinajstić information content (AvgIpc) is 3.05. The number of methoxy groups -OCH3 is 2. The summed E-state index contributed by atoms with van der Waals surface area (Å²) in [6, 6.07) is 8.17. The summed E-state index contributed by atoms with van der Waals surface area (Å²) in [6.07, 6.45) is 1.32. The van der Waals surface area contributed by atoms with E-state index < -0.39 is 11.2 Å². The van der Waals surface area contributed by atoms with Crippen molar-refractivity contribution in [3.8, 4) is 11.5 Å². The van der Waals surface area contributed by atoms with Crippen LogP contribution in [0.15, 0.2) is 45.0 Å². The van der Waals surface area contributed by atoms with Gasteiger partial charge in [0.05, 0.1) is 36.5 Å². The molecule has 29 heavy (non-hydrogen) atoms. The lowest BCUT2D eigenvalue weighted by Crippen LogP contribution is -2.32. The van der Waals surface area contributed by atoms with E-state index in [0.717, 1.165) is 4.68 Å². The number of ether oxygens (including phenoxy) is 2. The fourth-order valence-corrected chi connectivity index (χ4v) is 3.46. The Morgan fingerprint density at radius 1 is 1.00 bits per heavy atom. The molecule has 0 radical (unpaired) electrons. The van der Waals surface area contributed by atoms with Crippen molar-refractivity contribution in [2.75, 3.05) is 14.2 Å². The van der Waals surface area contributed by atoms with E-state index in [4.69, 9.17) is 32.7 Å². The average molecular weight is 433 g/mol. The van der Waals surface area contributed by atoms with Crippen LogP contribution >= 0.6 is 23.2 Å². The summed E-state index contributed by atoms with van der Waals surface area (Å²) in [5, 5.41) is 5.42. The number of hydrogen-bond acceptors (Lipinski definition) is 5. The molecule has 4 rings (SSSR count).